The largest absolute Gasteiger partial charge is 0.453 e. The summed E-state index contributed by atoms with van der Waals surface area (Å²) in [6.07, 6.45) is -0.625. The molecule has 0 bridgehead atoms. The molecule has 1 fully saturated rings. The van der Waals surface area contributed by atoms with E-state index in [4.69, 9.17) is 9.47 Å². The van der Waals surface area contributed by atoms with Gasteiger partial charge in [0.25, 0.3) is 5.91 Å². The second kappa shape index (κ2) is 10.1. The lowest BCUT2D eigenvalue weighted by Crippen LogP contribution is -2.36. The van der Waals surface area contributed by atoms with Crippen LogP contribution >= 0.6 is 0 Å². The van der Waals surface area contributed by atoms with Crippen molar-refractivity contribution >= 4 is 23.3 Å². The van der Waals surface area contributed by atoms with Gasteiger partial charge < -0.3 is 19.7 Å². The Morgan fingerprint density at radius 1 is 1.03 bits per heavy atom. The van der Waals surface area contributed by atoms with Crippen molar-refractivity contribution in [2.45, 2.75) is 32.3 Å². The highest BCUT2D eigenvalue weighted by atomic mass is 16.5. The average Bonchev–Trinajstić information content (AvgIpc) is 2.75. The molecule has 2 atom stereocenters. The van der Waals surface area contributed by atoms with E-state index in [1.165, 1.54) is 0 Å². The molecular formula is C23H28N2O4. The summed E-state index contributed by atoms with van der Waals surface area (Å²) in [7, 11) is 0. The maximum absolute atomic E-state index is 12.4. The van der Waals surface area contributed by atoms with Gasteiger partial charge in [-0.05, 0) is 42.7 Å². The van der Waals surface area contributed by atoms with Gasteiger partial charge in [-0.2, -0.15) is 0 Å². The van der Waals surface area contributed by atoms with E-state index in [1.54, 1.807) is 6.92 Å². The molecule has 6 nitrogen and oxygen atoms in total. The van der Waals surface area contributed by atoms with Crippen LogP contribution in [-0.2, 0) is 19.1 Å². The van der Waals surface area contributed by atoms with E-state index in [9.17, 15) is 9.59 Å². The number of carbonyl (C=O) groups excluding carboxylic acids is 2. The van der Waals surface area contributed by atoms with Crippen LogP contribution in [0.1, 0.15) is 31.7 Å². The number of esters is 1. The SMILES string of the molecule is C[C@H](CC(=O)O[C@H](C)C(=O)Nc1ccc(N2CCOCC2)cc1)c1ccccc1. The van der Waals surface area contributed by atoms with E-state index < -0.39 is 6.10 Å². The first-order chi connectivity index (χ1) is 14.0. The number of morpholine rings is 1. The fourth-order valence-electron chi connectivity index (χ4n) is 3.27. The molecule has 0 saturated carbocycles. The summed E-state index contributed by atoms with van der Waals surface area (Å²) in [5.41, 5.74) is 2.84. The third-order valence-electron chi connectivity index (χ3n) is 5.03. The normalized spacial score (nSPS) is 16.0. The smallest absolute Gasteiger partial charge is 0.307 e. The molecule has 0 radical (unpaired) electrons. The molecule has 2 aromatic carbocycles. The number of anilines is 2. The zero-order chi connectivity index (χ0) is 20.6. The standard InChI is InChI=1S/C23H28N2O4/c1-17(19-6-4-3-5-7-19)16-22(26)29-18(2)23(27)24-20-8-10-21(11-9-20)25-12-14-28-15-13-25/h3-11,17-18H,12-16H2,1-2H3,(H,24,27)/t17-,18-/m1/s1. The Morgan fingerprint density at radius 2 is 1.69 bits per heavy atom. The predicted molar refractivity (Wildman–Crippen MR) is 113 cm³/mol. The Morgan fingerprint density at radius 3 is 2.34 bits per heavy atom. The Kier molecular flexibility index (Phi) is 7.25. The maximum atomic E-state index is 12.4. The van der Waals surface area contributed by atoms with E-state index >= 15 is 0 Å². The number of hydrogen-bond donors (Lipinski definition) is 1. The van der Waals surface area contributed by atoms with Crippen LogP contribution in [-0.4, -0.2) is 44.3 Å². The van der Waals surface area contributed by atoms with Gasteiger partial charge in [0.2, 0.25) is 0 Å². The number of ether oxygens (including phenoxy) is 2. The molecule has 154 valence electrons. The summed E-state index contributed by atoms with van der Waals surface area (Å²) < 4.78 is 10.7. The van der Waals surface area contributed by atoms with Crippen molar-refractivity contribution in [1.29, 1.82) is 0 Å². The molecule has 1 heterocycles. The summed E-state index contributed by atoms with van der Waals surface area (Å²) in [5.74, 6) is -0.691. The average molecular weight is 396 g/mol. The zero-order valence-corrected chi connectivity index (χ0v) is 17.0. The second-order valence-electron chi connectivity index (χ2n) is 7.28. The Hall–Kier alpha value is -2.86. The van der Waals surface area contributed by atoms with E-state index in [0.717, 1.165) is 37.6 Å². The molecule has 2 aromatic rings. The van der Waals surface area contributed by atoms with Crippen molar-refractivity contribution in [3.63, 3.8) is 0 Å². The number of benzene rings is 2. The molecule has 1 N–H and O–H groups in total. The first-order valence-corrected chi connectivity index (χ1v) is 10.0. The summed E-state index contributed by atoms with van der Waals surface area (Å²) in [4.78, 5) is 26.8. The minimum atomic E-state index is -0.857. The lowest BCUT2D eigenvalue weighted by molar-refractivity contribution is -0.153. The Balaban J connectivity index is 1.47. The first-order valence-electron chi connectivity index (χ1n) is 10.0. The molecule has 1 saturated heterocycles. The van der Waals surface area contributed by atoms with Crippen LogP contribution in [0.15, 0.2) is 54.6 Å². The van der Waals surface area contributed by atoms with Crippen LogP contribution in [0, 0.1) is 0 Å². The van der Waals surface area contributed by atoms with Crippen LogP contribution in [0.4, 0.5) is 11.4 Å². The fourth-order valence-corrected chi connectivity index (χ4v) is 3.27. The first kappa shape index (κ1) is 20.9. The molecule has 1 aliphatic rings. The van der Waals surface area contributed by atoms with Gasteiger partial charge in [-0.15, -0.1) is 0 Å². The molecule has 1 amide bonds. The van der Waals surface area contributed by atoms with Crippen LogP contribution in [0.25, 0.3) is 0 Å². The van der Waals surface area contributed by atoms with Gasteiger partial charge in [0.15, 0.2) is 6.10 Å². The van der Waals surface area contributed by atoms with Crippen molar-refractivity contribution in [3.05, 3.63) is 60.2 Å². The molecule has 0 spiro atoms. The van der Waals surface area contributed by atoms with Crippen molar-refractivity contribution in [2.24, 2.45) is 0 Å². The van der Waals surface area contributed by atoms with E-state index in [1.807, 2.05) is 61.5 Å². The van der Waals surface area contributed by atoms with Crippen molar-refractivity contribution < 1.29 is 19.1 Å². The van der Waals surface area contributed by atoms with Crippen molar-refractivity contribution in [1.82, 2.24) is 0 Å². The summed E-state index contributed by atoms with van der Waals surface area (Å²) in [6.45, 7) is 6.73. The van der Waals surface area contributed by atoms with Gasteiger partial charge in [0, 0.05) is 24.5 Å². The minimum absolute atomic E-state index is 0.0340. The van der Waals surface area contributed by atoms with Crippen LogP contribution in [0.2, 0.25) is 0 Å². The Labute approximate surface area is 171 Å². The molecule has 0 unspecified atom stereocenters. The van der Waals surface area contributed by atoms with Crippen LogP contribution in [0.5, 0.6) is 0 Å². The van der Waals surface area contributed by atoms with Gasteiger partial charge in [-0.1, -0.05) is 37.3 Å². The molecular weight excluding hydrogens is 368 g/mol. The highest BCUT2D eigenvalue weighted by molar-refractivity contribution is 5.95. The summed E-state index contributed by atoms with van der Waals surface area (Å²) >= 11 is 0. The van der Waals surface area contributed by atoms with Crippen molar-refractivity contribution in [2.75, 3.05) is 36.5 Å². The fraction of sp³-hybridized carbons (Fsp3) is 0.391. The van der Waals surface area contributed by atoms with Gasteiger partial charge in [-0.25, -0.2) is 0 Å². The molecule has 29 heavy (non-hydrogen) atoms. The number of amides is 1. The van der Waals surface area contributed by atoms with Gasteiger partial charge in [0.1, 0.15) is 0 Å². The van der Waals surface area contributed by atoms with Gasteiger partial charge in [-0.3, -0.25) is 9.59 Å². The molecule has 0 aromatic heterocycles. The number of carbonyl (C=O) groups is 2. The number of rotatable bonds is 7. The lowest BCUT2D eigenvalue weighted by Gasteiger charge is -2.28. The monoisotopic (exact) mass is 396 g/mol. The second-order valence-corrected chi connectivity index (χ2v) is 7.28. The van der Waals surface area contributed by atoms with E-state index in [0.29, 0.717) is 5.69 Å². The highest BCUT2D eigenvalue weighted by Gasteiger charge is 2.20. The highest BCUT2D eigenvalue weighted by Crippen LogP contribution is 2.21. The molecule has 3 rings (SSSR count). The maximum Gasteiger partial charge on any atom is 0.307 e. The molecule has 0 aliphatic carbocycles. The summed E-state index contributed by atoms with van der Waals surface area (Å²) in [6, 6.07) is 17.4. The predicted octanol–water partition coefficient (Wildman–Crippen LogP) is 3.59. The van der Waals surface area contributed by atoms with Crippen LogP contribution in [0.3, 0.4) is 0 Å². The van der Waals surface area contributed by atoms with Crippen LogP contribution < -0.4 is 10.2 Å². The minimum Gasteiger partial charge on any atom is -0.453 e. The topological polar surface area (TPSA) is 67.9 Å². The quantitative estimate of drug-likeness (QED) is 0.725. The molecule has 1 aliphatic heterocycles. The molecule has 6 heteroatoms. The number of nitrogens with zero attached hydrogens (tertiary/aromatic N) is 1. The number of hydrogen-bond acceptors (Lipinski definition) is 5. The van der Waals surface area contributed by atoms with E-state index in [2.05, 4.69) is 10.2 Å². The van der Waals surface area contributed by atoms with Gasteiger partial charge >= 0.3 is 5.97 Å². The third-order valence-corrected chi connectivity index (χ3v) is 5.03. The summed E-state index contributed by atoms with van der Waals surface area (Å²) in [5, 5.41) is 2.80. The third kappa shape index (κ3) is 6.06. The lowest BCUT2D eigenvalue weighted by atomic mass is 9.98. The van der Waals surface area contributed by atoms with Crippen molar-refractivity contribution in [3.8, 4) is 0 Å². The zero-order valence-electron chi connectivity index (χ0n) is 17.0. The van der Waals surface area contributed by atoms with E-state index in [-0.39, 0.29) is 24.2 Å². The van der Waals surface area contributed by atoms with Gasteiger partial charge in [0.05, 0.1) is 19.6 Å². The Bertz CT molecular complexity index is 801. The number of nitrogens with one attached hydrogen (secondary N) is 1.